The van der Waals surface area contributed by atoms with Gasteiger partial charge in [0.25, 0.3) is 5.56 Å². The van der Waals surface area contributed by atoms with Crippen molar-refractivity contribution in [1.29, 1.82) is 0 Å². The SMILES string of the molecule is COc1ccc(CN(CCN(C)C)c2ccccn2)cc1.Cn1c(=O)c2c(ncn2CC(=O)O)n(C)c1=O. The van der Waals surface area contributed by atoms with E-state index in [2.05, 4.69) is 52.1 Å². The second kappa shape index (κ2) is 12.7. The van der Waals surface area contributed by atoms with Gasteiger partial charge in [-0.05, 0) is 43.9 Å². The van der Waals surface area contributed by atoms with Crippen molar-refractivity contribution in [3.05, 3.63) is 81.4 Å². The number of benzene rings is 1. The van der Waals surface area contributed by atoms with Crippen LogP contribution < -0.4 is 20.9 Å². The molecule has 0 bridgehead atoms. The Kier molecular flexibility index (Phi) is 9.39. The minimum Gasteiger partial charge on any atom is -0.497 e. The van der Waals surface area contributed by atoms with E-state index in [4.69, 9.17) is 9.84 Å². The summed E-state index contributed by atoms with van der Waals surface area (Å²) in [6.45, 7) is 2.40. The van der Waals surface area contributed by atoms with Crippen LogP contribution in [0.4, 0.5) is 5.82 Å². The molecule has 12 heteroatoms. The van der Waals surface area contributed by atoms with Crippen LogP contribution in [0, 0.1) is 0 Å². The average molecular weight is 524 g/mol. The van der Waals surface area contributed by atoms with E-state index >= 15 is 0 Å². The fraction of sp³-hybridized carbons (Fsp3) is 0.346. The van der Waals surface area contributed by atoms with Gasteiger partial charge in [-0.2, -0.15) is 0 Å². The van der Waals surface area contributed by atoms with E-state index in [1.165, 1.54) is 35.1 Å². The molecule has 4 rings (SSSR count). The molecule has 0 aliphatic carbocycles. The first kappa shape index (κ1) is 28.1. The largest absolute Gasteiger partial charge is 0.497 e. The number of aliphatic carboxylic acids is 1. The molecule has 12 nitrogen and oxygen atoms in total. The number of fused-ring (bicyclic) bond motifs is 1. The number of methoxy groups -OCH3 is 1. The van der Waals surface area contributed by atoms with E-state index in [-0.39, 0.29) is 17.7 Å². The smallest absolute Gasteiger partial charge is 0.332 e. The van der Waals surface area contributed by atoms with Crippen LogP contribution in [0.15, 0.2) is 64.6 Å². The summed E-state index contributed by atoms with van der Waals surface area (Å²) in [5.74, 6) is 0.812. The predicted molar refractivity (Wildman–Crippen MR) is 145 cm³/mol. The average Bonchev–Trinajstić information content (AvgIpc) is 3.32. The number of carboxylic acid groups (broad SMARTS) is 1. The number of anilines is 1. The zero-order valence-electron chi connectivity index (χ0n) is 22.2. The van der Waals surface area contributed by atoms with E-state index in [0.29, 0.717) is 0 Å². The fourth-order valence-electron chi connectivity index (χ4n) is 3.75. The van der Waals surface area contributed by atoms with Crippen LogP contribution in [-0.2, 0) is 32.0 Å². The number of likely N-dealkylation sites (N-methyl/N-ethyl adjacent to an activating group) is 1. The van der Waals surface area contributed by atoms with Crippen molar-refractivity contribution in [3.8, 4) is 5.75 Å². The maximum Gasteiger partial charge on any atom is 0.332 e. The second-order valence-corrected chi connectivity index (χ2v) is 8.91. The minimum absolute atomic E-state index is 0.108. The summed E-state index contributed by atoms with van der Waals surface area (Å²) in [5, 5.41) is 8.70. The third kappa shape index (κ3) is 6.85. The van der Waals surface area contributed by atoms with E-state index in [1.807, 2.05) is 30.5 Å². The fourth-order valence-corrected chi connectivity index (χ4v) is 3.75. The topological polar surface area (TPSA) is 128 Å². The Morgan fingerprint density at radius 3 is 2.29 bits per heavy atom. The summed E-state index contributed by atoms with van der Waals surface area (Å²) in [6.07, 6.45) is 3.08. The van der Waals surface area contributed by atoms with E-state index in [1.54, 1.807) is 7.11 Å². The lowest BCUT2D eigenvalue weighted by Crippen LogP contribution is -2.37. The molecule has 0 radical (unpaired) electrons. The normalized spacial score (nSPS) is 10.8. The lowest BCUT2D eigenvalue weighted by Gasteiger charge is -2.25. The number of ether oxygens (including phenoxy) is 1. The molecule has 0 aliphatic rings. The number of carbonyl (C=O) groups is 1. The number of rotatable bonds is 9. The van der Waals surface area contributed by atoms with Crippen LogP contribution in [0.5, 0.6) is 5.75 Å². The van der Waals surface area contributed by atoms with Crippen molar-refractivity contribution >= 4 is 23.0 Å². The van der Waals surface area contributed by atoms with Crippen LogP contribution in [0.25, 0.3) is 11.2 Å². The first-order valence-electron chi connectivity index (χ1n) is 11.9. The van der Waals surface area contributed by atoms with Crippen molar-refractivity contribution < 1.29 is 14.6 Å². The van der Waals surface area contributed by atoms with Crippen LogP contribution in [0.2, 0.25) is 0 Å². The molecule has 0 saturated heterocycles. The summed E-state index contributed by atoms with van der Waals surface area (Å²) < 4.78 is 8.54. The molecule has 1 N–H and O–H groups in total. The summed E-state index contributed by atoms with van der Waals surface area (Å²) in [5.41, 5.74) is 0.487. The molecule has 0 fully saturated rings. The third-order valence-electron chi connectivity index (χ3n) is 5.85. The van der Waals surface area contributed by atoms with Gasteiger partial charge in [0, 0.05) is 39.9 Å². The number of hydrogen-bond donors (Lipinski definition) is 1. The van der Waals surface area contributed by atoms with Crippen LogP contribution in [-0.4, -0.2) is 73.9 Å². The van der Waals surface area contributed by atoms with E-state index in [0.717, 1.165) is 35.8 Å². The highest BCUT2D eigenvalue weighted by Gasteiger charge is 2.15. The van der Waals surface area contributed by atoms with Gasteiger partial charge in [0.05, 0.1) is 13.4 Å². The first-order chi connectivity index (χ1) is 18.1. The Bertz CT molecular complexity index is 1470. The van der Waals surface area contributed by atoms with Crippen LogP contribution in [0.3, 0.4) is 0 Å². The molecule has 3 heterocycles. The molecule has 0 unspecified atom stereocenters. The van der Waals surface area contributed by atoms with Crippen molar-refractivity contribution in [3.63, 3.8) is 0 Å². The highest BCUT2D eigenvalue weighted by Crippen LogP contribution is 2.17. The molecule has 202 valence electrons. The van der Waals surface area contributed by atoms with Gasteiger partial charge in [0.15, 0.2) is 11.2 Å². The van der Waals surface area contributed by atoms with Gasteiger partial charge >= 0.3 is 11.7 Å². The van der Waals surface area contributed by atoms with Gasteiger partial charge in [-0.25, -0.2) is 14.8 Å². The molecular formula is C26H33N7O5. The molecule has 3 aromatic heterocycles. The number of nitrogens with zero attached hydrogens (tertiary/aromatic N) is 7. The Labute approximate surface area is 220 Å². The van der Waals surface area contributed by atoms with Crippen molar-refractivity contribution in [2.24, 2.45) is 14.1 Å². The third-order valence-corrected chi connectivity index (χ3v) is 5.85. The number of aromatic nitrogens is 5. The lowest BCUT2D eigenvalue weighted by molar-refractivity contribution is -0.137. The monoisotopic (exact) mass is 523 g/mol. The zero-order valence-corrected chi connectivity index (χ0v) is 22.2. The number of imidazole rings is 1. The molecule has 0 atom stereocenters. The van der Waals surface area contributed by atoms with E-state index < -0.39 is 17.2 Å². The number of hydrogen-bond acceptors (Lipinski definition) is 8. The Morgan fingerprint density at radius 1 is 1.00 bits per heavy atom. The molecule has 0 amide bonds. The molecule has 4 aromatic rings. The van der Waals surface area contributed by atoms with Gasteiger partial charge in [-0.3, -0.25) is 18.7 Å². The van der Waals surface area contributed by atoms with Crippen LogP contribution in [0.1, 0.15) is 5.56 Å². The highest BCUT2D eigenvalue weighted by atomic mass is 16.5. The Balaban J connectivity index is 0.000000215. The summed E-state index contributed by atoms with van der Waals surface area (Å²) in [7, 11) is 8.67. The minimum atomic E-state index is -1.08. The molecular weight excluding hydrogens is 490 g/mol. The number of aryl methyl sites for hydroxylation is 1. The predicted octanol–water partition coefficient (Wildman–Crippen LogP) is 1.18. The van der Waals surface area contributed by atoms with Gasteiger partial charge < -0.3 is 24.2 Å². The lowest BCUT2D eigenvalue weighted by atomic mass is 10.2. The van der Waals surface area contributed by atoms with Crippen LogP contribution >= 0.6 is 0 Å². The summed E-state index contributed by atoms with van der Waals surface area (Å²) in [4.78, 5) is 46.9. The maximum absolute atomic E-state index is 11.9. The van der Waals surface area contributed by atoms with Crippen molar-refractivity contribution in [1.82, 2.24) is 28.6 Å². The standard InChI is InChI=1S/C17H23N3O.C9H10N4O4/c1-19(2)12-13-20(17-6-4-5-11-18-17)14-15-7-9-16(21-3)10-8-15;1-11-7-6(8(16)12(2)9(11)17)13(4-10-7)3-5(14)15/h4-11H,12-14H2,1-3H3;4H,3H2,1-2H3,(H,14,15). The summed E-state index contributed by atoms with van der Waals surface area (Å²) >= 11 is 0. The van der Waals surface area contributed by atoms with Gasteiger partial charge in [-0.1, -0.05) is 18.2 Å². The molecule has 0 spiro atoms. The highest BCUT2D eigenvalue weighted by molar-refractivity contribution is 5.74. The second-order valence-electron chi connectivity index (χ2n) is 8.91. The van der Waals surface area contributed by atoms with Gasteiger partial charge in [0.2, 0.25) is 0 Å². The van der Waals surface area contributed by atoms with Crippen molar-refractivity contribution in [2.45, 2.75) is 13.1 Å². The Hall–Kier alpha value is -4.45. The zero-order chi connectivity index (χ0) is 27.8. The maximum atomic E-state index is 11.9. The number of pyridine rings is 1. The Morgan fingerprint density at radius 2 is 1.71 bits per heavy atom. The molecule has 1 aromatic carbocycles. The quantitative estimate of drug-likeness (QED) is 0.344. The molecule has 0 aliphatic heterocycles. The molecule has 0 saturated carbocycles. The van der Waals surface area contributed by atoms with E-state index in [9.17, 15) is 14.4 Å². The van der Waals surface area contributed by atoms with Crippen molar-refractivity contribution in [2.75, 3.05) is 39.2 Å². The van der Waals surface area contributed by atoms with Gasteiger partial charge in [0.1, 0.15) is 18.1 Å². The molecule has 38 heavy (non-hydrogen) atoms. The summed E-state index contributed by atoms with van der Waals surface area (Å²) in [6, 6.07) is 14.2. The van der Waals surface area contributed by atoms with Gasteiger partial charge in [-0.15, -0.1) is 0 Å². The number of carboxylic acids is 1. The first-order valence-corrected chi connectivity index (χ1v) is 11.9.